The van der Waals surface area contributed by atoms with Gasteiger partial charge in [0.1, 0.15) is 0 Å². The molecular weight excluding hydrogens is 168 g/mol. The summed E-state index contributed by atoms with van der Waals surface area (Å²) in [7, 11) is 0. The minimum absolute atomic E-state index is 1.17. The van der Waals surface area contributed by atoms with E-state index in [2.05, 4.69) is 26.2 Å². The van der Waals surface area contributed by atoms with Crippen LogP contribution in [0.15, 0.2) is 72.9 Å². The van der Waals surface area contributed by atoms with Crippen molar-refractivity contribution in [3.63, 3.8) is 0 Å². The lowest BCUT2D eigenvalue weighted by Crippen LogP contribution is -1.79. The second kappa shape index (κ2) is 8.06. The van der Waals surface area contributed by atoms with E-state index in [0.717, 1.165) is 0 Å². The fourth-order valence-electron chi connectivity index (χ4n) is 0.963. The first-order chi connectivity index (χ1) is 6.76. The van der Waals surface area contributed by atoms with E-state index in [1.807, 2.05) is 37.3 Å². The molecule has 0 spiro atoms. The summed E-state index contributed by atoms with van der Waals surface area (Å²) in [5.41, 5.74) is 2.36. The van der Waals surface area contributed by atoms with E-state index in [4.69, 9.17) is 0 Å². The highest BCUT2D eigenvalue weighted by Crippen LogP contribution is 2.11. The summed E-state index contributed by atoms with van der Waals surface area (Å²) in [5, 5.41) is 0. The average Bonchev–Trinajstić information content (AvgIpc) is 2.18. The van der Waals surface area contributed by atoms with Crippen molar-refractivity contribution in [1.29, 1.82) is 0 Å². The van der Waals surface area contributed by atoms with E-state index in [1.54, 1.807) is 12.2 Å². The Hall–Kier alpha value is -1.56. The predicted molar refractivity (Wildman–Crippen MR) is 66.2 cm³/mol. The van der Waals surface area contributed by atoms with Gasteiger partial charge in [0.05, 0.1) is 0 Å². The largest absolute Gasteiger partial charge is 0.0991 e. The van der Waals surface area contributed by atoms with Crippen LogP contribution in [0.25, 0.3) is 0 Å². The lowest BCUT2D eigenvalue weighted by atomic mass is 10.1. The minimum Gasteiger partial charge on any atom is -0.0991 e. The molecule has 0 saturated carbocycles. The average molecular weight is 186 g/mol. The van der Waals surface area contributed by atoms with Crippen molar-refractivity contribution in [3.8, 4) is 0 Å². The van der Waals surface area contributed by atoms with Crippen LogP contribution in [0.1, 0.15) is 13.8 Å². The summed E-state index contributed by atoms with van der Waals surface area (Å²) in [6.07, 6.45) is 15.6. The van der Waals surface area contributed by atoms with Crippen LogP contribution in [0, 0.1) is 0 Å². The molecule has 0 aliphatic rings. The second-order valence-corrected chi connectivity index (χ2v) is 2.83. The third-order valence-electron chi connectivity index (χ3n) is 1.70. The Morgan fingerprint density at radius 2 is 1.71 bits per heavy atom. The van der Waals surface area contributed by atoms with Gasteiger partial charge >= 0.3 is 0 Å². The molecule has 0 nitrogen and oxygen atoms in total. The standard InChI is InChI=1S/C14H18/c1-5-8-11-14(12-9-6-2)13(4)10-7-3/h5-12H,1,3H2,2,4H3/b9-6-,11-8-,13-10-,14-12-. The maximum absolute atomic E-state index is 3.68. The Kier molecular flexibility index (Phi) is 7.16. The molecule has 0 heterocycles. The molecule has 0 aliphatic carbocycles. The van der Waals surface area contributed by atoms with Crippen LogP contribution in [0.4, 0.5) is 0 Å². The Morgan fingerprint density at radius 1 is 1.00 bits per heavy atom. The van der Waals surface area contributed by atoms with Crippen LogP contribution in [-0.2, 0) is 0 Å². The first-order valence-electron chi connectivity index (χ1n) is 4.68. The van der Waals surface area contributed by atoms with Crippen molar-refractivity contribution < 1.29 is 0 Å². The van der Waals surface area contributed by atoms with E-state index in [-0.39, 0.29) is 0 Å². The van der Waals surface area contributed by atoms with Crippen LogP contribution < -0.4 is 0 Å². The first-order valence-corrected chi connectivity index (χ1v) is 4.68. The van der Waals surface area contributed by atoms with E-state index in [0.29, 0.717) is 0 Å². The van der Waals surface area contributed by atoms with Crippen molar-refractivity contribution in [2.75, 3.05) is 0 Å². The highest BCUT2D eigenvalue weighted by molar-refractivity contribution is 5.42. The highest BCUT2D eigenvalue weighted by Gasteiger charge is 1.91. The Morgan fingerprint density at radius 3 is 2.21 bits per heavy atom. The molecule has 0 aromatic heterocycles. The molecule has 0 unspecified atom stereocenters. The van der Waals surface area contributed by atoms with Crippen molar-refractivity contribution in [2.24, 2.45) is 0 Å². The van der Waals surface area contributed by atoms with E-state index >= 15 is 0 Å². The van der Waals surface area contributed by atoms with Crippen molar-refractivity contribution in [1.82, 2.24) is 0 Å². The van der Waals surface area contributed by atoms with Gasteiger partial charge in [0.15, 0.2) is 0 Å². The van der Waals surface area contributed by atoms with Gasteiger partial charge in [0.25, 0.3) is 0 Å². The van der Waals surface area contributed by atoms with Gasteiger partial charge in [0, 0.05) is 0 Å². The van der Waals surface area contributed by atoms with Gasteiger partial charge in [-0.3, -0.25) is 0 Å². The topological polar surface area (TPSA) is 0 Å². The summed E-state index contributed by atoms with van der Waals surface area (Å²) in [6.45, 7) is 11.4. The molecule has 0 N–H and O–H groups in total. The summed E-state index contributed by atoms with van der Waals surface area (Å²) in [4.78, 5) is 0. The zero-order chi connectivity index (χ0) is 10.8. The molecule has 0 amide bonds. The quantitative estimate of drug-likeness (QED) is 0.559. The smallest absolute Gasteiger partial charge is 0.0227 e. The molecule has 0 heteroatoms. The van der Waals surface area contributed by atoms with Crippen LogP contribution in [0.5, 0.6) is 0 Å². The molecule has 0 aromatic carbocycles. The third-order valence-corrected chi connectivity index (χ3v) is 1.70. The van der Waals surface area contributed by atoms with Crippen molar-refractivity contribution in [2.45, 2.75) is 13.8 Å². The second-order valence-electron chi connectivity index (χ2n) is 2.83. The van der Waals surface area contributed by atoms with Gasteiger partial charge in [-0.25, -0.2) is 0 Å². The first kappa shape index (κ1) is 12.4. The van der Waals surface area contributed by atoms with Crippen LogP contribution in [-0.4, -0.2) is 0 Å². The highest BCUT2D eigenvalue weighted by atomic mass is 14.0. The molecule has 0 fully saturated rings. The Labute approximate surface area is 87.3 Å². The normalized spacial score (nSPS) is 13.9. The van der Waals surface area contributed by atoms with Gasteiger partial charge in [0.2, 0.25) is 0 Å². The lowest BCUT2D eigenvalue weighted by molar-refractivity contribution is 1.42. The Balaban J connectivity index is 4.89. The van der Waals surface area contributed by atoms with Gasteiger partial charge < -0.3 is 0 Å². The minimum atomic E-state index is 1.17. The third kappa shape index (κ3) is 5.15. The van der Waals surface area contributed by atoms with Crippen LogP contribution >= 0.6 is 0 Å². The maximum atomic E-state index is 3.68. The van der Waals surface area contributed by atoms with Gasteiger partial charge in [-0.15, -0.1) is 0 Å². The van der Waals surface area contributed by atoms with Crippen molar-refractivity contribution >= 4 is 0 Å². The zero-order valence-electron chi connectivity index (χ0n) is 9.03. The van der Waals surface area contributed by atoms with Gasteiger partial charge in [-0.1, -0.05) is 61.8 Å². The number of allylic oxidation sites excluding steroid dienone is 10. The molecule has 0 bridgehead atoms. The van der Waals surface area contributed by atoms with E-state index in [9.17, 15) is 0 Å². The number of hydrogen-bond donors (Lipinski definition) is 0. The molecule has 74 valence electrons. The maximum Gasteiger partial charge on any atom is -0.0227 e. The summed E-state index contributed by atoms with van der Waals surface area (Å²) >= 11 is 0. The molecule has 0 rings (SSSR count). The zero-order valence-corrected chi connectivity index (χ0v) is 9.03. The molecule has 0 radical (unpaired) electrons. The molecule has 0 aliphatic heterocycles. The van der Waals surface area contributed by atoms with Gasteiger partial charge in [-0.05, 0) is 25.0 Å². The molecular formula is C14H18. The summed E-state index contributed by atoms with van der Waals surface area (Å²) < 4.78 is 0. The fraction of sp³-hybridized carbons (Fsp3) is 0.143. The van der Waals surface area contributed by atoms with Gasteiger partial charge in [-0.2, -0.15) is 0 Å². The number of hydrogen-bond acceptors (Lipinski definition) is 0. The fourth-order valence-corrected chi connectivity index (χ4v) is 0.963. The molecule has 14 heavy (non-hydrogen) atoms. The van der Waals surface area contributed by atoms with E-state index < -0.39 is 0 Å². The Bertz CT molecular complexity index is 296. The SMILES string of the molecule is C=C\C=C/C(=C/C=C\C)C(/C)=C\C=C. The van der Waals surface area contributed by atoms with Crippen LogP contribution in [0.2, 0.25) is 0 Å². The molecule has 0 saturated heterocycles. The summed E-state index contributed by atoms with van der Waals surface area (Å²) in [6, 6.07) is 0. The van der Waals surface area contributed by atoms with Crippen molar-refractivity contribution in [3.05, 3.63) is 72.9 Å². The lowest BCUT2D eigenvalue weighted by Gasteiger charge is -1.99. The van der Waals surface area contributed by atoms with E-state index in [1.165, 1.54) is 11.1 Å². The number of rotatable bonds is 5. The summed E-state index contributed by atoms with van der Waals surface area (Å²) in [5.74, 6) is 0. The molecule has 0 atom stereocenters. The predicted octanol–water partition coefficient (Wildman–Crippen LogP) is 4.36. The molecule has 0 aromatic rings. The van der Waals surface area contributed by atoms with Crippen LogP contribution in [0.3, 0.4) is 0 Å². The monoisotopic (exact) mass is 186 g/mol.